The summed E-state index contributed by atoms with van der Waals surface area (Å²) in [4.78, 5) is 11.6. The number of rotatable bonds is 0. The first-order valence-electron chi connectivity index (χ1n) is 6.68. The molecule has 0 bridgehead atoms. The van der Waals surface area contributed by atoms with Gasteiger partial charge in [0.25, 0.3) is 0 Å². The molecule has 0 aromatic carbocycles. The van der Waals surface area contributed by atoms with Crippen LogP contribution in [0.1, 0.15) is 39.5 Å². The van der Waals surface area contributed by atoms with Crippen molar-refractivity contribution in [2.24, 2.45) is 11.3 Å². The Hall–Kier alpha value is -1.09. The Bertz CT molecular complexity index is 460. The van der Waals surface area contributed by atoms with Crippen LogP contribution in [0.5, 0.6) is 0 Å². The third-order valence-corrected chi connectivity index (χ3v) is 4.94. The number of aliphatic hydroxyl groups is 1. The van der Waals surface area contributed by atoms with Crippen LogP contribution < -0.4 is 0 Å². The molecule has 1 heterocycles. The van der Waals surface area contributed by atoms with E-state index in [0.29, 0.717) is 5.57 Å². The van der Waals surface area contributed by atoms with Crippen molar-refractivity contribution in [3.8, 4) is 0 Å². The van der Waals surface area contributed by atoms with E-state index < -0.39 is 5.60 Å². The second-order valence-electron chi connectivity index (χ2n) is 6.47. The maximum atomic E-state index is 11.6. The van der Waals surface area contributed by atoms with Gasteiger partial charge in [0.2, 0.25) is 0 Å². The van der Waals surface area contributed by atoms with E-state index >= 15 is 0 Å². The van der Waals surface area contributed by atoms with Gasteiger partial charge in [-0.3, -0.25) is 0 Å². The zero-order chi connectivity index (χ0) is 13.1. The molecule has 0 aromatic heterocycles. The summed E-state index contributed by atoms with van der Waals surface area (Å²) in [5.41, 5.74) is 0.843. The van der Waals surface area contributed by atoms with E-state index in [2.05, 4.69) is 19.6 Å². The van der Waals surface area contributed by atoms with Crippen LogP contribution in [-0.4, -0.2) is 22.8 Å². The Morgan fingerprint density at radius 2 is 2.17 bits per heavy atom. The monoisotopic (exact) mass is 248 g/mol. The molecule has 0 spiro atoms. The van der Waals surface area contributed by atoms with Crippen LogP contribution in [-0.2, 0) is 9.53 Å². The first-order valence-corrected chi connectivity index (χ1v) is 6.68. The molecule has 1 saturated carbocycles. The van der Waals surface area contributed by atoms with E-state index in [9.17, 15) is 9.90 Å². The molecule has 3 nitrogen and oxygen atoms in total. The van der Waals surface area contributed by atoms with Crippen molar-refractivity contribution >= 4 is 5.97 Å². The topological polar surface area (TPSA) is 46.5 Å². The maximum absolute atomic E-state index is 11.6. The third-order valence-electron chi connectivity index (χ3n) is 4.94. The molecule has 1 N–H and O–H groups in total. The SMILES string of the molecule is C=C1C(=O)O[C@@H]2C[C@@]3(C)CCC[C@](C)(O)C3=C[C@H]12. The fourth-order valence-electron chi connectivity index (χ4n) is 3.98. The van der Waals surface area contributed by atoms with E-state index in [1.54, 1.807) is 0 Å². The molecule has 0 unspecified atom stereocenters. The second-order valence-corrected chi connectivity index (χ2v) is 6.47. The predicted octanol–water partition coefficient (Wildman–Crippen LogP) is 2.36. The zero-order valence-corrected chi connectivity index (χ0v) is 11.0. The average Bonchev–Trinajstić information content (AvgIpc) is 2.51. The fourth-order valence-corrected chi connectivity index (χ4v) is 3.98. The van der Waals surface area contributed by atoms with E-state index in [0.717, 1.165) is 31.3 Å². The van der Waals surface area contributed by atoms with Crippen LogP contribution in [0, 0.1) is 11.3 Å². The number of hydrogen-bond acceptors (Lipinski definition) is 3. The minimum absolute atomic E-state index is 0.0339. The number of ether oxygens (including phenoxy) is 1. The molecule has 2 aliphatic carbocycles. The van der Waals surface area contributed by atoms with Crippen LogP contribution in [0.2, 0.25) is 0 Å². The molecule has 1 aliphatic heterocycles. The Kier molecular flexibility index (Phi) is 2.31. The summed E-state index contributed by atoms with van der Waals surface area (Å²) in [5.74, 6) is -0.311. The number of carbonyl (C=O) groups excluding carboxylic acids is 1. The molecule has 3 rings (SSSR count). The number of hydrogen-bond donors (Lipinski definition) is 1. The first-order chi connectivity index (χ1) is 8.33. The highest BCUT2D eigenvalue weighted by Gasteiger charge is 2.52. The lowest BCUT2D eigenvalue weighted by molar-refractivity contribution is -0.140. The van der Waals surface area contributed by atoms with Gasteiger partial charge in [0.05, 0.1) is 5.60 Å². The normalized spacial score (nSPS) is 47.2. The van der Waals surface area contributed by atoms with Crippen molar-refractivity contribution in [3.63, 3.8) is 0 Å². The second kappa shape index (κ2) is 3.47. The standard InChI is InChI=1S/C15H20O3/c1-9-10-7-12-14(2,5-4-6-15(12,3)17)8-11(10)18-13(9)16/h7,10-11,17H,1,4-6,8H2,2-3H3/t10-,11-,14-,15+/m1/s1. The van der Waals surface area contributed by atoms with Crippen LogP contribution in [0.25, 0.3) is 0 Å². The molecule has 3 aliphatic rings. The highest BCUT2D eigenvalue weighted by molar-refractivity contribution is 5.91. The summed E-state index contributed by atoms with van der Waals surface area (Å²) >= 11 is 0. The van der Waals surface area contributed by atoms with Crippen molar-refractivity contribution in [3.05, 3.63) is 23.8 Å². The van der Waals surface area contributed by atoms with Gasteiger partial charge < -0.3 is 9.84 Å². The quantitative estimate of drug-likeness (QED) is 0.406. The molecule has 2 fully saturated rings. The van der Waals surface area contributed by atoms with Gasteiger partial charge in [0.15, 0.2) is 0 Å². The summed E-state index contributed by atoms with van der Waals surface area (Å²) in [6.07, 6.45) is 5.67. The fraction of sp³-hybridized carbons (Fsp3) is 0.667. The van der Waals surface area contributed by atoms with Crippen LogP contribution in [0.15, 0.2) is 23.8 Å². The van der Waals surface area contributed by atoms with E-state index in [4.69, 9.17) is 4.74 Å². The lowest BCUT2D eigenvalue weighted by atomic mass is 9.58. The van der Waals surface area contributed by atoms with Crippen LogP contribution >= 0.6 is 0 Å². The molecular formula is C15H20O3. The zero-order valence-electron chi connectivity index (χ0n) is 11.0. The van der Waals surface area contributed by atoms with Gasteiger partial charge in [-0.25, -0.2) is 4.79 Å². The number of carbonyl (C=O) groups is 1. The van der Waals surface area contributed by atoms with Gasteiger partial charge in [0, 0.05) is 11.5 Å². The summed E-state index contributed by atoms with van der Waals surface area (Å²) in [5, 5.41) is 10.6. The first kappa shape index (κ1) is 12.0. The maximum Gasteiger partial charge on any atom is 0.334 e. The average molecular weight is 248 g/mol. The Morgan fingerprint density at radius 1 is 1.44 bits per heavy atom. The summed E-state index contributed by atoms with van der Waals surface area (Å²) in [6, 6.07) is 0. The highest BCUT2D eigenvalue weighted by Crippen LogP contribution is 2.54. The summed E-state index contributed by atoms with van der Waals surface area (Å²) in [6.45, 7) is 7.89. The summed E-state index contributed by atoms with van der Waals surface area (Å²) in [7, 11) is 0. The van der Waals surface area contributed by atoms with Gasteiger partial charge in [-0.15, -0.1) is 0 Å². The van der Waals surface area contributed by atoms with E-state index in [1.165, 1.54) is 0 Å². The molecule has 98 valence electrons. The smallest absolute Gasteiger partial charge is 0.334 e. The minimum atomic E-state index is -0.746. The molecule has 3 heteroatoms. The van der Waals surface area contributed by atoms with Crippen LogP contribution in [0.3, 0.4) is 0 Å². The molecular weight excluding hydrogens is 228 g/mol. The van der Waals surface area contributed by atoms with Crippen molar-refractivity contribution in [1.82, 2.24) is 0 Å². The van der Waals surface area contributed by atoms with Gasteiger partial charge in [0.1, 0.15) is 6.10 Å². The Balaban J connectivity index is 2.06. The molecule has 1 saturated heterocycles. The number of esters is 1. The molecule has 0 aromatic rings. The van der Waals surface area contributed by atoms with Gasteiger partial charge >= 0.3 is 5.97 Å². The molecule has 18 heavy (non-hydrogen) atoms. The van der Waals surface area contributed by atoms with Crippen molar-refractivity contribution in [2.45, 2.75) is 51.2 Å². The van der Waals surface area contributed by atoms with E-state index in [1.807, 2.05) is 6.92 Å². The third kappa shape index (κ3) is 1.50. The predicted molar refractivity (Wildman–Crippen MR) is 67.8 cm³/mol. The van der Waals surface area contributed by atoms with Gasteiger partial charge in [-0.2, -0.15) is 0 Å². The van der Waals surface area contributed by atoms with Gasteiger partial charge in [-0.05, 0) is 43.6 Å². The van der Waals surface area contributed by atoms with Crippen molar-refractivity contribution < 1.29 is 14.6 Å². The summed E-state index contributed by atoms with van der Waals surface area (Å²) < 4.78 is 5.40. The Morgan fingerprint density at radius 3 is 2.89 bits per heavy atom. The highest BCUT2D eigenvalue weighted by atomic mass is 16.6. The van der Waals surface area contributed by atoms with Crippen LogP contribution in [0.4, 0.5) is 0 Å². The lowest BCUT2D eigenvalue weighted by Crippen LogP contribution is -2.46. The van der Waals surface area contributed by atoms with Crippen molar-refractivity contribution in [1.29, 1.82) is 0 Å². The van der Waals surface area contributed by atoms with Gasteiger partial charge in [-0.1, -0.05) is 19.6 Å². The largest absolute Gasteiger partial charge is 0.458 e. The molecule has 0 radical (unpaired) electrons. The molecule has 0 amide bonds. The van der Waals surface area contributed by atoms with Crippen molar-refractivity contribution in [2.75, 3.05) is 0 Å². The molecule has 4 atom stereocenters. The lowest BCUT2D eigenvalue weighted by Gasteiger charge is -2.49. The Labute approximate surface area is 108 Å². The van der Waals surface area contributed by atoms with E-state index in [-0.39, 0.29) is 23.4 Å². The number of fused-ring (bicyclic) bond motifs is 2. The minimum Gasteiger partial charge on any atom is -0.458 e.